The lowest BCUT2D eigenvalue weighted by molar-refractivity contribution is 0.0714. The fourth-order valence-electron chi connectivity index (χ4n) is 4.57. The van der Waals surface area contributed by atoms with Gasteiger partial charge < -0.3 is 19.1 Å². The van der Waals surface area contributed by atoms with Gasteiger partial charge in [0.2, 0.25) is 5.95 Å². The molecule has 0 saturated carbocycles. The summed E-state index contributed by atoms with van der Waals surface area (Å²) in [6.07, 6.45) is 2.47. The summed E-state index contributed by atoms with van der Waals surface area (Å²) in [5.74, 6) is 2.11. The van der Waals surface area contributed by atoms with E-state index in [0.717, 1.165) is 56.6 Å². The van der Waals surface area contributed by atoms with Crippen molar-refractivity contribution >= 4 is 17.7 Å². The molecule has 1 amide bonds. The number of amides is 1. The molecule has 1 fully saturated rings. The van der Waals surface area contributed by atoms with Gasteiger partial charge >= 0.3 is 0 Å². The first kappa shape index (κ1) is 21.5. The lowest BCUT2D eigenvalue weighted by Crippen LogP contribution is -2.49. The number of rotatable bonds is 5. The SMILES string of the molecule is CN(C)c1nc2c(c(N3CCN(C(=O)c4ccco4)CC3)n1)CCN(Cc1ccccc1)C2. The van der Waals surface area contributed by atoms with Crippen LogP contribution in [0.5, 0.6) is 0 Å². The van der Waals surface area contributed by atoms with E-state index in [1.165, 1.54) is 11.1 Å². The molecule has 3 aromatic rings. The number of anilines is 2. The van der Waals surface area contributed by atoms with Crippen LogP contribution in [0.2, 0.25) is 0 Å². The van der Waals surface area contributed by atoms with Crippen LogP contribution >= 0.6 is 0 Å². The van der Waals surface area contributed by atoms with Crippen LogP contribution in [0.25, 0.3) is 0 Å². The van der Waals surface area contributed by atoms with Crippen LogP contribution in [0.1, 0.15) is 27.4 Å². The van der Waals surface area contributed by atoms with E-state index < -0.39 is 0 Å². The molecule has 33 heavy (non-hydrogen) atoms. The van der Waals surface area contributed by atoms with Gasteiger partial charge in [0.15, 0.2) is 5.76 Å². The number of aromatic nitrogens is 2. The Balaban J connectivity index is 1.34. The molecule has 172 valence electrons. The molecule has 4 heterocycles. The highest BCUT2D eigenvalue weighted by Gasteiger charge is 2.29. The number of hydrogen-bond donors (Lipinski definition) is 0. The predicted molar refractivity (Wildman–Crippen MR) is 127 cm³/mol. The van der Waals surface area contributed by atoms with E-state index >= 15 is 0 Å². The van der Waals surface area contributed by atoms with Crippen LogP contribution in [0.4, 0.5) is 11.8 Å². The molecule has 0 unspecified atom stereocenters. The maximum absolute atomic E-state index is 12.6. The Hall–Kier alpha value is -3.39. The zero-order valence-electron chi connectivity index (χ0n) is 19.3. The number of carbonyl (C=O) groups is 1. The highest BCUT2D eigenvalue weighted by Crippen LogP contribution is 2.30. The molecule has 0 aliphatic carbocycles. The van der Waals surface area contributed by atoms with Crippen LogP contribution in [-0.4, -0.2) is 72.5 Å². The van der Waals surface area contributed by atoms with E-state index in [-0.39, 0.29) is 5.91 Å². The molecule has 2 aliphatic rings. The number of benzene rings is 1. The lowest BCUT2D eigenvalue weighted by atomic mass is 10.0. The van der Waals surface area contributed by atoms with Gasteiger partial charge in [-0.3, -0.25) is 9.69 Å². The third-order valence-electron chi connectivity index (χ3n) is 6.36. The van der Waals surface area contributed by atoms with Crippen LogP contribution in [0.15, 0.2) is 53.1 Å². The van der Waals surface area contributed by atoms with Gasteiger partial charge in [-0.2, -0.15) is 4.98 Å². The molecule has 1 aromatic carbocycles. The van der Waals surface area contributed by atoms with Gasteiger partial charge in [0.1, 0.15) is 5.82 Å². The predicted octanol–water partition coefficient (Wildman–Crippen LogP) is 2.66. The Bertz CT molecular complexity index is 1090. The van der Waals surface area contributed by atoms with Crippen LogP contribution in [0, 0.1) is 0 Å². The van der Waals surface area contributed by atoms with Crippen LogP contribution in [0.3, 0.4) is 0 Å². The number of furan rings is 1. The van der Waals surface area contributed by atoms with Crippen molar-refractivity contribution in [3.05, 3.63) is 71.3 Å². The van der Waals surface area contributed by atoms with Gasteiger partial charge in [-0.1, -0.05) is 30.3 Å². The van der Waals surface area contributed by atoms with E-state index in [1.54, 1.807) is 18.4 Å². The van der Waals surface area contributed by atoms with Gasteiger partial charge in [-0.25, -0.2) is 4.98 Å². The summed E-state index contributed by atoms with van der Waals surface area (Å²) in [6, 6.07) is 14.1. The van der Waals surface area contributed by atoms with E-state index in [0.29, 0.717) is 18.8 Å². The molecule has 0 atom stereocenters. The Morgan fingerprint density at radius 2 is 1.79 bits per heavy atom. The van der Waals surface area contributed by atoms with Crippen molar-refractivity contribution in [3.63, 3.8) is 0 Å². The van der Waals surface area contributed by atoms with Crippen molar-refractivity contribution in [2.75, 3.05) is 56.6 Å². The summed E-state index contributed by atoms with van der Waals surface area (Å²) >= 11 is 0. The van der Waals surface area contributed by atoms with Crippen LogP contribution < -0.4 is 9.80 Å². The quantitative estimate of drug-likeness (QED) is 0.597. The standard InChI is InChI=1S/C25H30N6O2/c1-28(2)25-26-21-18-29(17-19-7-4-3-5-8-19)11-10-20(21)23(27-25)30-12-14-31(15-13-30)24(32)22-9-6-16-33-22/h3-9,16H,10-15,17-18H2,1-2H3. The minimum absolute atomic E-state index is 0.0464. The molecule has 2 aromatic heterocycles. The maximum atomic E-state index is 12.6. The number of hydrogen-bond acceptors (Lipinski definition) is 7. The smallest absolute Gasteiger partial charge is 0.289 e. The first-order chi connectivity index (χ1) is 16.1. The lowest BCUT2D eigenvalue weighted by Gasteiger charge is -2.38. The third-order valence-corrected chi connectivity index (χ3v) is 6.36. The molecule has 1 saturated heterocycles. The number of fused-ring (bicyclic) bond motifs is 1. The molecular formula is C25H30N6O2. The summed E-state index contributed by atoms with van der Waals surface area (Å²) in [5.41, 5.74) is 3.68. The van der Waals surface area contributed by atoms with Gasteiger partial charge in [0, 0.05) is 65.5 Å². The maximum Gasteiger partial charge on any atom is 0.289 e. The molecule has 5 rings (SSSR count). The summed E-state index contributed by atoms with van der Waals surface area (Å²) in [5, 5.41) is 0. The first-order valence-corrected chi connectivity index (χ1v) is 11.5. The van der Waals surface area contributed by atoms with Gasteiger partial charge in [-0.05, 0) is 24.1 Å². The topological polar surface area (TPSA) is 69.0 Å². The molecule has 0 spiro atoms. The average Bonchev–Trinajstić information content (AvgIpc) is 3.38. The number of nitrogens with zero attached hydrogens (tertiary/aromatic N) is 6. The monoisotopic (exact) mass is 446 g/mol. The second-order valence-corrected chi connectivity index (χ2v) is 8.87. The summed E-state index contributed by atoms with van der Waals surface area (Å²) in [4.78, 5) is 31.1. The van der Waals surface area contributed by atoms with E-state index in [4.69, 9.17) is 14.4 Å². The fourth-order valence-corrected chi connectivity index (χ4v) is 4.57. The first-order valence-electron chi connectivity index (χ1n) is 11.5. The summed E-state index contributed by atoms with van der Waals surface area (Å²) < 4.78 is 5.29. The molecule has 2 aliphatic heterocycles. The van der Waals surface area contributed by atoms with E-state index in [1.807, 2.05) is 23.9 Å². The zero-order valence-corrected chi connectivity index (χ0v) is 19.3. The molecule has 0 N–H and O–H groups in total. The zero-order chi connectivity index (χ0) is 22.8. The molecule has 0 radical (unpaired) electrons. The second-order valence-electron chi connectivity index (χ2n) is 8.87. The van der Waals surface area contributed by atoms with E-state index in [2.05, 4.69) is 40.1 Å². The van der Waals surface area contributed by atoms with E-state index in [9.17, 15) is 4.79 Å². The Kier molecular flexibility index (Phi) is 6.00. The average molecular weight is 447 g/mol. The van der Waals surface area contributed by atoms with Crippen molar-refractivity contribution in [2.45, 2.75) is 19.5 Å². The van der Waals surface area contributed by atoms with Crippen LogP contribution in [-0.2, 0) is 19.5 Å². The highest BCUT2D eigenvalue weighted by molar-refractivity contribution is 5.91. The Labute approximate surface area is 194 Å². The number of piperazine rings is 1. The molecular weight excluding hydrogens is 416 g/mol. The minimum Gasteiger partial charge on any atom is -0.459 e. The van der Waals surface area contributed by atoms with Gasteiger partial charge in [0.25, 0.3) is 5.91 Å². The minimum atomic E-state index is -0.0464. The Morgan fingerprint density at radius 1 is 1.00 bits per heavy atom. The van der Waals surface area contributed by atoms with Crippen molar-refractivity contribution in [3.8, 4) is 0 Å². The van der Waals surface area contributed by atoms with Gasteiger partial charge in [0.05, 0.1) is 12.0 Å². The van der Waals surface area contributed by atoms with Crippen molar-refractivity contribution < 1.29 is 9.21 Å². The summed E-state index contributed by atoms with van der Waals surface area (Å²) in [7, 11) is 3.96. The molecule has 8 heteroatoms. The molecule has 8 nitrogen and oxygen atoms in total. The third kappa shape index (κ3) is 4.57. The largest absolute Gasteiger partial charge is 0.459 e. The van der Waals surface area contributed by atoms with Crippen molar-refractivity contribution in [2.24, 2.45) is 0 Å². The van der Waals surface area contributed by atoms with Crippen molar-refractivity contribution in [1.29, 1.82) is 0 Å². The second kappa shape index (κ2) is 9.23. The van der Waals surface area contributed by atoms with Gasteiger partial charge in [-0.15, -0.1) is 0 Å². The van der Waals surface area contributed by atoms with Crippen molar-refractivity contribution in [1.82, 2.24) is 19.8 Å². The normalized spacial score (nSPS) is 16.5. The Morgan fingerprint density at radius 3 is 2.48 bits per heavy atom. The highest BCUT2D eigenvalue weighted by atomic mass is 16.3. The summed E-state index contributed by atoms with van der Waals surface area (Å²) in [6.45, 7) is 5.51. The number of carbonyl (C=O) groups excluding carboxylic acids is 1. The molecule has 0 bridgehead atoms. The fraction of sp³-hybridized carbons (Fsp3) is 0.400.